The van der Waals surface area contributed by atoms with Crippen molar-refractivity contribution in [3.63, 3.8) is 0 Å². The SMILES string of the molecule is O=C(O)COCCNS(=O)(=O)C1CCCCC1. The minimum atomic E-state index is -3.26. The summed E-state index contributed by atoms with van der Waals surface area (Å²) in [6.45, 7) is -0.185. The van der Waals surface area contributed by atoms with E-state index >= 15 is 0 Å². The van der Waals surface area contributed by atoms with E-state index in [1.807, 2.05) is 0 Å². The number of hydrogen-bond acceptors (Lipinski definition) is 4. The van der Waals surface area contributed by atoms with Crippen molar-refractivity contribution < 1.29 is 23.1 Å². The molecule has 100 valence electrons. The Morgan fingerprint density at radius 1 is 1.29 bits per heavy atom. The second-order valence-electron chi connectivity index (χ2n) is 4.15. The number of carboxylic acids is 1. The van der Waals surface area contributed by atoms with E-state index in [-0.39, 0.29) is 18.4 Å². The zero-order valence-electron chi connectivity index (χ0n) is 9.72. The van der Waals surface area contributed by atoms with E-state index in [1.54, 1.807) is 0 Å². The van der Waals surface area contributed by atoms with Gasteiger partial charge in [-0.05, 0) is 12.8 Å². The van der Waals surface area contributed by atoms with Gasteiger partial charge in [0.1, 0.15) is 6.61 Å². The third kappa shape index (κ3) is 5.47. The molecule has 0 amide bonds. The first-order chi connectivity index (χ1) is 8.02. The lowest BCUT2D eigenvalue weighted by Gasteiger charge is -2.21. The van der Waals surface area contributed by atoms with Crippen LogP contribution in [-0.2, 0) is 19.6 Å². The summed E-state index contributed by atoms with van der Waals surface area (Å²) in [5.41, 5.74) is 0. The maximum absolute atomic E-state index is 11.8. The standard InChI is InChI=1S/C10H19NO5S/c12-10(13)8-16-7-6-11-17(14,15)9-4-2-1-3-5-9/h9,11H,1-8H2,(H,12,13). The molecule has 1 saturated carbocycles. The topological polar surface area (TPSA) is 92.7 Å². The minimum Gasteiger partial charge on any atom is -0.480 e. The molecule has 1 rings (SSSR count). The largest absolute Gasteiger partial charge is 0.480 e. The van der Waals surface area contributed by atoms with E-state index in [2.05, 4.69) is 4.72 Å². The molecule has 1 aliphatic rings. The average Bonchev–Trinajstić information content (AvgIpc) is 2.29. The van der Waals surface area contributed by atoms with Crippen molar-refractivity contribution >= 4 is 16.0 Å². The summed E-state index contributed by atoms with van der Waals surface area (Å²) in [5.74, 6) is -1.06. The molecule has 0 radical (unpaired) electrons. The molecule has 6 nitrogen and oxygen atoms in total. The van der Waals surface area contributed by atoms with Crippen LogP contribution in [0.3, 0.4) is 0 Å². The van der Waals surface area contributed by atoms with Gasteiger partial charge < -0.3 is 9.84 Å². The van der Waals surface area contributed by atoms with Crippen LogP contribution in [0.15, 0.2) is 0 Å². The highest BCUT2D eigenvalue weighted by molar-refractivity contribution is 7.90. The minimum absolute atomic E-state index is 0.0816. The molecular formula is C10H19NO5S. The lowest BCUT2D eigenvalue weighted by molar-refractivity contribution is -0.142. The second kappa shape index (κ2) is 6.93. The fourth-order valence-electron chi connectivity index (χ4n) is 1.91. The maximum Gasteiger partial charge on any atom is 0.329 e. The first-order valence-corrected chi connectivity index (χ1v) is 7.35. The van der Waals surface area contributed by atoms with Crippen molar-refractivity contribution in [3.05, 3.63) is 0 Å². The third-order valence-corrected chi connectivity index (χ3v) is 4.72. The molecule has 1 fully saturated rings. The van der Waals surface area contributed by atoms with E-state index in [1.165, 1.54) is 0 Å². The van der Waals surface area contributed by atoms with Crippen LogP contribution in [0.1, 0.15) is 32.1 Å². The fraction of sp³-hybridized carbons (Fsp3) is 0.900. The van der Waals surface area contributed by atoms with Gasteiger partial charge in [0.25, 0.3) is 0 Å². The van der Waals surface area contributed by atoms with Gasteiger partial charge in [-0.1, -0.05) is 19.3 Å². The van der Waals surface area contributed by atoms with E-state index < -0.39 is 22.6 Å². The van der Waals surface area contributed by atoms with Crippen LogP contribution < -0.4 is 4.72 Å². The molecular weight excluding hydrogens is 246 g/mol. The molecule has 0 saturated heterocycles. The molecule has 0 aromatic heterocycles. The molecule has 0 atom stereocenters. The molecule has 0 aliphatic heterocycles. The molecule has 0 heterocycles. The van der Waals surface area contributed by atoms with Crippen molar-refractivity contribution in [1.82, 2.24) is 4.72 Å². The van der Waals surface area contributed by atoms with Gasteiger partial charge in [0.2, 0.25) is 10.0 Å². The number of ether oxygens (including phenoxy) is 1. The van der Waals surface area contributed by atoms with Gasteiger partial charge in [-0.3, -0.25) is 0 Å². The summed E-state index contributed by atoms with van der Waals surface area (Å²) in [7, 11) is -3.26. The Bertz CT molecular complexity index is 335. The highest BCUT2D eigenvalue weighted by Crippen LogP contribution is 2.22. The predicted octanol–water partition coefficient (Wildman–Crippen LogP) is 0.340. The van der Waals surface area contributed by atoms with Gasteiger partial charge in [-0.15, -0.1) is 0 Å². The molecule has 1 aliphatic carbocycles. The van der Waals surface area contributed by atoms with E-state index in [0.717, 1.165) is 19.3 Å². The maximum atomic E-state index is 11.8. The summed E-state index contributed by atoms with van der Waals surface area (Å²) in [5, 5.41) is 8.02. The van der Waals surface area contributed by atoms with E-state index in [4.69, 9.17) is 9.84 Å². The van der Waals surface area contributed by atoms with Crippen LogP contribution in [-0.4, -0.2) is 44.5 Å². The van der Waals surface area contributed by atoms with Crippen LogP contribution in [0.2, 0.25) is 0 Å². The zero-order valence-corrected chi connectivity index (χ0v) is 10.5. The summed E-state index contributed by atoms with van der Waals surface area (Å²) in [6, 6.07) is 0. The number of carboxylic acid groups (broad SMARTS) is 1. The smallest absolute Gasteiger partial charge is 0.329 e. The highest BCUT2D eigenvalue weighted by Gasteiger charge is 2.26. The normalized spacial score (nSPS) is 18.1. The van der Waals surface area contributed by atoms with Crippen molar-refractivity contribution in [2.45, 2.75) is 37.4 Å². The molecule has 0 spiro atoms. The van der Waals surface area contributed by atoms with Gasteiger partial charge >= 0.3 is 5.97 Å². The molecule has 0 unspecified atom stereocenters. The molecule has 0 aromatic rings. The van der Waals surface area contributed by atoms with Gasteiger partial charge in [0.15, 0.2) is 0 Å². The molecule has 2 N–H and O–H groups in total. The number of nitrogens with one attached hydrogen (secondary N) is 1. The number of hydrogen-bond donors (Lipinski definition) is 2. The molecule has 7 heteroatoms. The fourth-order valence-corrected chi connectivity index (χ4v) is 3.47. The van der Waals surface area contributed by atoms with Gasteiger partial charge in [0.05, 0.1) is 11.9 Å². The lowest BCUT2D eigenvalue weighted by atomic mass is 10.0. The average molecular weight is 265 g/mol. The Morgan fingerprint density at radius 3 is 2.53 bits per heavy atom. The Kier molecular flexibility index (Phi) is 5.87. The second-order valence-corrected chi connectivity index (χ2v) is 6.19. The first-order valence-electron chi connectivity index (χ1n) is 5.80. The van der Waals surface area contributed by atoms with Crippen molar-refractivity contribution in [2.75, 3.05) is 19.8 Å². The number of sulfonamides is 1. The number of aliphatic carboxylic acids is 1. The predicted molar refractivity (Wildman–Crippen MR) is 62.3 cm³/mol. The highest BCUT2D eigenvalue weighted by atomic mass is 32.2. The van der Waals surface area contributed by atoms with Crippen molar-refractivity contribution in [2.24, 2.45) is 0 Å². The van der Waals surface area contributed by atoms with Gasteiger partial charge in [-0.25, -0.2) is 17.9 Å². The molecule has 0 bridgehead atoms. The van der Waals surface area contributed by atoms with Crippen LogP contribution in [0, 0.1) is 0 Å². The Balaban J connectivity index is 2.22. The summed E-state index contributed by atoms with van der Waals surface area (Å²) in [6.07, 6.45) is 4.45. The molecule has 0 aromatic carbocycles. The Morgan fingerprint density at radius 2 is 1.94 bits per heavy atom. The summed E-state index contributed by atoms with van der Waals surface area (Å²) >= 11 is 0. The summed E-state index contributed by atoms with van der Waals surface area (Å²) in [4.78, 5) is 10.1. The Labute approximate surface area is 101 Å². The zero-order chi connectivity index (χ0) is 12.7. The lowest BCUT2D eigenvalue weighted by Crippen LogP contribution is -2.37. The van der Waals surface area contributed by atoms with Gasteiger partial charge in [-0.2, -0.15) is 0 Å². The van der Waals surface area contributed by atoms with E-state index in [9.17, 15) is 13.2 Å². The number of rotatable bonds is 7. The molecule has 17 heavy (non-hydrogen) atoms. The van der Waals surface area contributed by atoms with Crippen LogP contribution in [0.5, 0.6) is 0 Å². The third-order valence-electron chi connectivity index (χ3n) is 2.77. The quantitative estimate of drug-likeness (QED) is 0.647. The number of carbonyl (C=O) groups is 1. The van der Waals surface area contributed by atoms with Crippen LogP contribution in [0.4, 0.5) is 0 Å². The van der Waals surface area contributed by atoms with Gasteiger partial charge in [0, 0.05) is 6.54 Å². The van der Waals surface area contributed by atoms with Crippen LogP contribution in [0.25, 0.3) is 0 Å². The Hall–Kier alpha value is -0.660. The van der Waals surface area contributed by atoms with Crippen LogP contribution >= 0.6 is 0 Å². The first kappa shape index (κ1) is 14.4. The van der Waals surface area contributed by atoms with Crippen molar-refractivity contribution in [3.8, 4) is 0 Å². The van der Waals surface area contributed by atoms with E-state index in [0.29, 0.717) is 12.8 Å². The monoisotopic (exact) mass is 265 g/mol. The summed E-state index contributed by atoms with van der Waals surface area (Å²) < 4.78 is 30.8. The van der Waals surface area contributed by atoms with Crippen molar-refractivity contribution in [1.29, 1.82) is 0 Å².